The van der Waals surface area contributed by atoms with Crippen LogP contribution in [0.15, 0.2) is 29.3 Å². The van der Waals surface area contributed by atoms with Crippen LogP contribution in [-0.4, -0.2) is 51.8 Å². The molecule has 1 aromatic carbocycles. The van der Waals surface area contributed by atoms with Crippen LogP contribution >= 0.6 is 24.0 Å². The molecule has 1 aromatic rings. The van der Waals surface area contributed by atoms with Gasteiger partial charge in [-0.3, -0.25) is 4.99 Å². The molecule has 0 atom stereocenters. The largest absolute Gasteiger partial charge is 0.382 e. The van der Waals surface area contributed by atoms with Gasteiger partial charge in [-0.05, 0) is 45.0 Å². The predicted octanol–water partition coefficient (Wildman–Crippen LogP) is 2.85. The van der Waals surface area contributed by atoms with E-state index in [0.717, 1.165) is 51.6 Å². The average Bonchev–Trinajstić information content (AvgIpc) is 2.54. The molecule has 138 valence electrons. The predicted molar refractivity (Wildman–Crippen MR) is 113 cm³/mol. The van der Waals surface area contributed by atoms with Gasteiger partial charge in [0.05, 0.1) is 0 Å². The van der Waals surface area contributed by atoms with E-state index >= 15 is 0 Å². The van der Waals surface area contributed by atoms with Crippen molar-refractivity contribution in [3.63, 3.8) is 0 Å². The molecule has 24 heavy (non-hydrogen) atoms. The summed E-state index contributed by atoms with van der Waals surface area (Å²) in [5, 5.41) is 6.68. The van der Waals surface area contributed by atoms with Gasteiger partial charge in [0.25, 0.3) is 0 Å². The molecule has 0 saturated heterocycles. The van der Waals surface area contributed by atoms with Crippen molar-refractivity contribution in [3.05, 3.63) is 35.4 Å². The van der Waals surface area contributed by atoms with Gasteiger partial charge in [-0.1, -0.05) is 24.3 Å². The van der Waals surface area contributed by atoms with Gasteiger partial charge >= 0.3 is 0 Å². The molecule has 5 nitrogen and oxygen atoms in total. The van der Waals surface area contributed by atoms with Crippen LogP contribution in [0.25, 0.3) is 0 Å². The second-order valence-electron chi connectivity index (χ2n) is 5.81. The van der Waals surface area contributed by atoms with Crippen LogP contribution in [0.3, 0.4) is 0 Å². The lowest BCUT2D eigenvalue weighted by molar-refractivity contribution is 0.143. The first kappa shape index (κ1) is 23.1. The number of aliphatic imine (C=N–C) groups is 1. The van der Waals surface area contributed by atoms with Gasteiger partial charge < -0.3 is 20.3 Å². The Balaban J connectivity index is 0.00000529. The van der Waals surface area contributed by atoms with Crippen molar-refractivity contribution >= 4 is 29.9 Å². The highest BCUT2D eigenvalue weighted by Crippen LogP contribution is 2.05. The van der Waals surface area contributed by atoms with Crippen LogP contribution in [-0.2, 0) is 17.8 Å². The highest BCUT2D eigenvalue weighted by molar-refractivity contribution is 14.0. The molecule has 0 aliphatic carbocycles. The van der Waals surface area contributed by atoms with Gasteiger partial charge in [0, 0.05) is 39.9 Å². The normalized spacial score (nSPS) is 11.3. The summed E-state index contributed by atoms with van der Waals surface area (Å²) in [5.74, 6) is 0.846. The summed E-state index contributed by atoms with van der Waals surface area (Å²) in [6.07, 6.45) is 2.16. The van der Waals surface area contributed by atoms with Crippen LogP contribution in [0.2, 0.25) is 0 Å². The van der Waals surface area contributed by atoms with E-state index in [0.29, 0.717) is 0 Å². The molecule has 6 heteroatoms. The quantitative estimate of drug-likeness (QED) is 0.250. The number of ether oxygens (including phenoxy) is 1. The summed E-state index contributed by atoms with van der Waals surface area (Å²) in [7, 11) is 5.97. The Morgan fingerprint density at radius 2 is 1.75 bits per heavy atom. The lowest BCUT2D eigenvalue weighted by Gasteiger charge is -2.13. The Hall–Kier alpha value is -0.860. The Morgan fingerprint density at radius 1 is 1.08 bits per heavy atom. The molecule has 0 amide bonds. The highest BCUT2D eigenvalue weighted by Gasteiger charge is 1.99. The maximum Gasteiger partial charge on any atom is 0.191 e. The lowest BCUT2D eigenvalue weighted by Crippen LogP contribution is -2.37. The zero-order chi connectivity index (χ0) is 16.9. The smallest absolute Gasteiger partial charge is 0.191 e. The average molecular weight is 448 g/mol. The first-order valence-corrected chi connectivity index (χ1v) is 8.40. The van der Waals surface area contributed by atoms with E-state index in [4.69, 9.17) is 4.74 Å². The summed E-state index contributed by atoms with van der Waals surface area (Å²) in [4.78, 5) is 6.42. The Kier molecular flexibility index (Phi) is 14.0. The highest BCUT2D eigenvalue weighted by atomic mass is 127. The number of hydrogen-bond acceptors (Lipinski definition) is 3. The first-order chi connectivity index (χ1) is 11.2. The standard InChI is InChI=1S/C18H32N4O.HI/c1-5-23-13-7-6-12-20-18(19-2)21-14-16-8-10-17(11-9-16)15-22(3)4;/h8-11H,5-7,12-15H2,1-4H3,(H2,19,20,21);1H. The molecule has 0 spiro atoms. The summed E-state index contributed by atoms with van der Waals surface area (Å²) >= 11 is 0. The van der Waals surface area contributed by atoms with Crippen LogP contribution in [0.1, 0.15) is 30.9 Å². The first-order valence-electron chi connectivity index (χ1n) is 8.40. The Bertz CT molecular complexity index is 449. The van der Waals surface area contributed by atoms with Crippen LogP contribution in [0.5, 0.6) is 0 Å². The SMILES string of the molecule is CCOCCCCNC(=NC)NCc1ccc(CN(C)C)cc1.I. The van der Waals surface area contributed by atoms with Gasteiger partial charge in [0.15, 0.2) is 5.96 Å². The van der Waals surface area contributed by atoms with E-state index in [9.17, 15) is 0 Å². The molecule has 0 aliphatic rings. The minimum atomic E-state index is 0. The summed E-state index contributed by atoms with van der Waals surface area (Å²) in [6.45, 7) is 6.32. The van der Waals surface area contributed by atoms with E-state index < -0.39 is 0 Å². The third-order valence-corrected chi connectivity index (χ3v) is 3.42. The van der Waals surface area contributed by atoms with Crippen molar-refractivity contribution in [2.45, 2.75) is 32.9 Å². The molecule has 0 heterocycles. The third-order valence-electron chi connectivity index (χ3n) is 3.42. The molecule has 2 N–H and O–H groups in total. The van der Waals surface area contributed by atoms with Crippen molar-refractivity contribution in [2.24, 2.45) is 4.99 Å². The number of rotatable bonds is 10. The number of hydrogen-bond donors (Lipinski definition) is 2. The van der Waals surface area contributed by atoms with Gasteiger partial charge in [-0.2, -0.15) is 0 Å². The zero-order valence-electron chi connectivity index (χ0n) is 15.5. The van der Waals surface area contributed by atoms with E-state index in [1.807, 2.05) is 6.92 Å². The molecular formula is C18H33IN4O. The van der Waals surface area contributed by atoms with Crippen molar-refractivity contribution in [3.8, 4) is 0 Å². The molecule has 0 radical (unpaired) electrons. The van der Waals surface area contributed by atoms with E-state index in [2.05, 4.69) is 58.9 Å². The molecule has 0 saturated carbocycles. The van der Waals surface area contributed by atoms with Gasteiger partial charge in [-0.15, -0.1) is 24.0 Å². The minimum Gasteiger partial charge on any atom is -0.382 e. The van der Waals surface area contributed by atoms with Crippen molar-refractivity contribution in [1.29, 1.82) is 0 Å². The van der Waals surface area contributed by atoms with Crippen LogP contribution in [0.4, 0.5) is 0 Å². The number of guanidine groups is 1. The molecule has 1 rings (SSSR count). The fourth-order valence-corrected chi connectivity index (χ4v) is 2.21. The molecular weight excluding hydrogens is 415 g/mol. The van der Waals surface area contributed by atoms with Gasteiger partial charge in [0.2, 0.25) is 0 Å². The van der Waals surface area contributed by atoms with E-state index in [1.54, 1.807) is 7.05 Å². The van der Waals surface area contributed by atoms with Crippen molar-refractivity contribution in [1.82, 2.24) is 15.5 Å². The molecule has 0 bridgehead atoms. The molecule has 0 aliphatic heterocycles. The summed E-state index contributed by atoms with van der Waals surface area (Å²) < 4.78 is 5.33. The molecule has 0 fully saturated rings. The second kappa shape index (κ2) is 14.5. The number of halogens is 1. The zero-order valence-corrected chi connectivity index (χ0v) is 17.8. The summed E-state index contributed by atoms with van der Waals surface area (Å²) in [5.41, 5.74) is 2.59. The topological polar surface area (TPSA) is 48.9 Å². The maximum atomic E-state index is 5.33. The Morgan fingerprint density at radius 3 is 2.33 bits per heavy atom. The fourth-order valence-electron chi connectivity index (χ4n) is 2.21. The van der Waals surface area contributed by atoms with Crippen molar-refractivity contribution in [2.75, 3.05) is 40.9 Å². The number of unbranched alkanes of at least 4 members (excludes halogenated alkanes) is 1. The van der Waals surface area contributed by atoms with Crippen molar-refractivity contribution < 1.29 is 4.74 Å². The number of nitrogens with zero attached hydrogens (tertiary/aromatic N) is 2. The number of benzene rings is 1. The van der Waals surface area contributed by atoms with E-state index in [1.165, 1.54) is 11.1 Å². The van der Waals surface area contributed by atoms with Crippen LogP contribution < -0.4 is 10.6 Å². The molecule has 0 aromatic heterocycles. The Labute approximate surface area is 164 Å². The summed E-state index contributed by atoms with van der Waals surface area (Å²) in [6, 6.07) is 8.70. The molecule has 0 unspecified atom stereocenters. The van der Waals surface area contributed by atoms with Gasteiger partial charge in [-0.25, -0.2) is 0 Å². The second-order valence-corrected chi connectivity index (χ2v) is 5.81. The lowest BCUT2D eigenvalue weighted by atomic mass is 10.1. The van der Waals surface area contributed by atoms with Crippen LogP contribution in [0, 0.1) is 0 Å². The fraction of sp³-hybridized carbons (Fsp3) is 0.611. The van der Waals surface area contributed by atoms with Gasteiger partial charge in [0.1, 0.15) is 0 Å². The third kappa shape index (κ3) is 10.8. The monoisotopic (exact) mass is 448 g/mol. The number of nitrogens with one attached hydrogen (secondary N) is 2. The minimum absolute atomic E-state index is 0. The van der Waals surface area contributed by atoms with E-state index in [-0.39, 0.29) is 24.0 Å². The maximum absolute atomic E-state index is 5.33.